The van der Waals surface area contributed by atoms with E-state index >= 15 is 0 Å². The predicted molar refractivity (Wildman–Crippen MR) is 117 cm³/mol. The lowest BCUT2D eigenvalue weighted by molar-refractivity contribution is 0.354. The van der Waals surface area contributed by atoms with Crippen LogP contribution < -0.4 is 14.8 Å². The van der Waals surface area contributed by atoms with Gasteiger partial charge in [-0.25, -0.2) is 0 Å². The number of nitrogens with one attached hydrogen (secondary N) is 1. The summed E-state index contributed by atoms with van der Waals surface area (Å²) < 4.78 is 10.7. The summed E-state index contributed by atoms with van der Waals surface area (Å²) in [6, 6.07) is 6.07. The highest BCUT2D eigenvalue weighted by Gasteiger charge is 2.10. The SMILES string of the molecule is CCC(CC)CNC(=NC)N(C)CCc1ccc(OC)c(OC)c1.I. The van der Waals surface area contributed by atoms with Crippen LogP contribution in [0, 0.1) is 5.92 Å². The first-order chi connectivity index (χ1) is 11.6. The van der Waals surface area contributed by atoms with E-state index in [9.17, 15) is 0 Å². The zero-order chi connectivity index (χ0) is 17.9. The van der Waals surface area contributed by atoms with Gasteiger partial charge in [-0.2, -0.15) is 0 Å². The first kappa shape index (κ1) is 23.8. The summed E-state index contributed by atoms with van der Waals surface area (Å²) in [5, 5.41) is 3.48. The normalized spacial score (nSPS) is 11.1. The number of benzene rings is 1. The van der Waals surface area contributed by atoms with Crippen LogP contribution in [0.2, 0.25) is 0 Å². The maximum Gasteiger partial charge on any atom is 0.193 e. The molecular formula is C19H34IN3O2. The second kappa shape index (κ2) is 13.1. The van der Waals surface area contributed by atoms with Crippen LogP contribution >= 0.6 is 24.0 Å². The first-order valence-corrected chi connectivity index (χ1v) is 8.72. The van der Waals surface area contributed by atoms with Crippen molar-refractivity contribution in [3.8, 4) is 11.5 Å². The average molecular weight is 463 g/mol. The van der Waals surface area contributed by atoms with Crippen molar-refractivity contribution in [3.05, 3.63) is 23.8 Å². The van der Waals surface area contributed by atoms with Gasteiger partial charge >= 0.3 is 0 Å². The Hall–Kier alpha value is -1.18. The lowest BCUT2D eigenvalue weighted by atomic mass is 10.0. The number of hydrogen-bond donors (Lipinski definition) is 1. The third kappa shape index (κ3) is 7.71. The van der Waals surface area contributed by atoms with Gasteiger partial charge in [0.15, 0.2) is 17.5 Å². The third-order valence-electron chi connectivity index (χ3n) is 4.46. The van der Waals surface area contributed by atoms with Gasteiger partial charge in [0, 0.05) is 27.2 Å². The Labute approximate surface area is 170 Å². The number of likely N-dealkylation sites (N-methyl/N-ethyl adjacent to an activating group) is 1. The molecule has 0 spiro atoms. The van der Waals surface area contributed by atoms with E-state index in [4.69, 9.17) is 9.47 Å². The summed E-state index contributed by atoms with van der Waals surface area (Å²) in [7, 11) is 7.23. The van der Waals surface area contributed by atoms with Gasteiger partial charge in [0.25, 0.3) is 0 Å². The molecule has 0 atom stereocenters. The molecule has 25 heavy (non-hydrogen) atoms. The van der Waals surface area contributed by atoms with Crippen LogP contribution in [0.1, 0.15) is 32.3 Å². The molecule has 0 radical (unpaired) electrons. The van der Waals surface area contributed by atoms with Crippen LogP contribution in [0.5, 0.6) is 11.5 Å². The van der Waals surface area contributed by atoms with E-state index in [2.05, 4.69) is 42.2 Å². The highest BCUT2D eigenvalue weighted by atomic mass is 127. The van der Waals surface area contributed by atoms with E-state index < -0.39 is 0 Å². The number of halogens is 1. The Bertz CT molecular complexity index is 519. The molecule has 1 rings (SSSR count). The van der Waals surface area contributed by atoms with Gasteiger partial charge in [-0.1, -0.05) is 32.8 Å². The molecule has 144 valence electrons. The van der Waals surface area contributed by atoms with Crippen molar-refractivity contribution in [1.82, 2.24) is 10.2 Å². The van der Waals surface area contributed by atoms with E-state index in [0.29, 0.717) is 5.92 Å². The van der Waals surface area contributed by atoms with E-state index in [1.54, 1.807) is 14.2 Å². The molecule has 0 amide bonds. The minimum absolute atomic E-state index is 0. The van der Waals surface area contributed by atoms with Crippen molar-refractivity contribution in [3.63, 3.8) is 0 Å². The number of methoxy groups -OCH3 is 2. The van der Waals surface area contributed by atoms with Crippen LogP contribution in [0.3, 0.4) is 0 Å². The molecule has 0 aliphatic heterocycles. The maximum atomic E-state index is 5.37. The largest absolute Gasteiger partial charge is 0.493 e. The molecule has 0 saturated heterocycles. The van der Waals surface area contributed by atoms with E-state index in [0.717, 1.165) is 37.0 Å². The van der Waals surface area contributed by atoms with Gasteiger partial charge in [0.2, 0.25) is 0 Å². The van der Waals surface area contributed by atoms with Crippen LogP contribution in [-0.2, 0) is 6.42 Å². The quantitative estimate of drug-likeness (QED) is 0.344. The number of rotatable bonds is 9. The van der Waals surface area contributed by atoms with Crippen LogP contribution in [0.15, 0.2) is 23.2 Å². The van der Waals surface area contributed by atoms with Gasteiger partial charge in [-0.05, 0) is 30.0 Å². The minimum Gasteiger partial charge on any atom is -0.493 e. The Morgan fingerprint density at radius 3 is 2.32 bits per heavy atom. The molecule has 0 fully saturated rings. The molecule has 6 heteroatoms. The number of nitrogens with zero attached hydrogens (tertiary/aromatic N) is 2. The Morgan fingerprint density at radius 1 is 1.16 bits per heavy atom. The standard InChI is InChI=1S/C19H33N3O2.HI/c1-7-15(8-2)14-21-19(20-3)22(4)12-11-16-9-10-17(23-5)18(13-16)24-6;/h9-10,13,15H,7-8,11-12,14H2,1-6H3,(H,20,21);1H. The van der Waals surface area contributed by atoms with Gasteiger partial charge in [-0.3, -0.25) is 4.99 Å². The molecule has 0 aliphatic carbocycles. The molecule has 1 aromatic rings. The molecule has 0 aromatic heterocycles. The summed E-state index contributed by atoms with van der Waals surface area (Å²) in [6.45, 7) is 6.33. The summed E-state index contributed by atoms with van der Waals surface area (Å²) in [6.07, 6.45) is 3.30. The van der Waals surface area contributed by atoms with Crippen molar-refractivity contribution in [1.29, 1.82) is 0 Å². The average Bonchev–Trinajstić information content (AvgIpc) is 2.63. The molecule has 1 aromatic carbocycles. The van der Waals surface area contributed by atoms with Crippen LogP contribution in [0.4, 0.5) is 0 Å². The monoisotopic (exact) mass is 463 g/mol. The van der Waals surface area contributed by atoms with Crippen molar-refractivity contribution in [2.24, 2.45) is 10.9 Å². The second-order valence-electron chi connectivity index (χ2n) is 5.97. The van der Waals surface area contributed by atoms with Crippen molar-refractivity contribution in [2.75, 3.05) is 41.4 Å². The van der Waals surface area contributed by atoms with Crippen molar-refractivity contribution in [2.45, 2.75) is 33.1 Å². The summed E-state index contributed by atoms with van der Waals surface area (Å²) >= 11 is 0. The first-order valence-electron chi connectivity index (χ1n) is 8.72. The fourth-order valence-electron chi connectivity index (χ4n) is 2.64. The molecule has 5 nitrogen and oxygen atoms in total. The fraction of sp³-hybridized carbons (Fsp3) is 0.632. The van der Waals surface area contributed by atoms with Gasteiger partial charge in [-0.15, -0.1) is 24.0 Å². The molecule has 1 N–H and O–H groups in total. The van der Waals surface area contributed by atoms with Gasteiger partial charge < -0.3 is 19.7 Å². The summed E-state index contributed by atoms with van der Waals surface area (Å²) in [5.74, 6) is 3.18. The molecule has 0 heterocycles. The van der Waals surface area contributed by atoms with Gasteiger partial charge in [0.05, 0.1) is 14.2 Å². The highest BCUT2D eigenvalue weighted by Crippen LogP contribution is 2.27. The highest BCUT2D eigenvalue weighted by molar-refractivity contribution is 14.0. The number of hydrogen-bond acceptors (Lipinski definition) is 3. The predicted octanol–water partition coefficient (Wildman–Crippen LogP) is 3.81. The van der Waals surface area contributed by atoms with Crippen LogP contribution in [0.25, 0.3) is 0 Å². The topological polar surface area (TPSA) is 46.1 Å². The van der Waals surface area contributed by atoms with Crippen molar-refractivity contribution >= 4 is 29.9 Å². The lowest BCUT2D eigenvalue weighted by Crippen LogP contribution is -2.41. The number of ether oxygens (including phenoxy) is 2. The molecule has 0 unspecified atom stereocenters. The van der Waals surface area contributed by atoms with E-state index in [-0.39, 0.29) is 24.0 Å². The van der Waals surface area contributed by atoms with E-state index in [1.165, 1.54) is 18.4 Å². The van der Waals surface area contributed by atoms with Crippen LogP contribution in [-0.4, -0.2) is 52.3 Å². The molecule has 0 bridgehead atoms. The minimum atomic E-state index is 0. The van der Waals surface area contributed by atoms with Gasteiger partial charge in [0.1, 0.15) is 0 Å². The summed E-state index contributed by atoms with van der Waals surface area (Å²) in [4.78, 5) is 6.55. The zero-order valence-electron chi connectivity index (χ0n) is 16.5. The van der Waals surface area contributed by atoms with E-state index in [1.807, 2.05) is 19.2 Å². The molecule has 0 aliphatic rings. The second-order valence-corrected chi connectivity index (χ2v) is 5.97. The fourth-order valence-corrected chi connectivity index (χ4v) is 2.64. The number of aliphatic imine (C=N–C) groups is 1. The zero-order valence-corrected chi connectivity index (χ0v) is 18.8. The molecule has 0 saturated carbocycles. The smallest absolute Gasteiger partial charge is 0.193 e. The number of guanidine groups is 1. The Morgan fingerprint density at radius 2 is 1.80 bits per heavy atom. The third-order valence-corrected chi connectivity index (χ3v) is 4.46. The summed E-state index contributed by atoms with van der Waals surface area (Å²) in [5.41, 5.74) is 1.22. The van der Waals surface area contributed by atoms with Crippen molar-refractivity contribution < 1.29 is 9.47 Å². The Kier molecular flexibility index (Phi) is 12.5. The maximum absolute atomic E-state index is 5.37. The lowest BCUT2D eigenvalue weighted by Gasteiger charge is -2.24. The Balaban J connectivity index is 0.00000576. The molecular weight excluding hydrogens is 429 g/mol.